The lowest BCUT2D eigenvalue weighted by Gasteiger charge is -2.36. The Bertz CT molecular complexity index is 832. The zero-order chi connectivity index (χ0) is 19.0. The van der Waals surface area contributed by atoms with Crippen LogP contribution in [0.4, 0.5) is 0 Å². The molecule has 0 amide bonds. The molecule has 0 saturated heterocycles. The van der Waals surface area contributed by atoms with Crippen LogP contribution in [0.5, 0.6) is 0 Å². The highest BCUT2D eigenvalue weighted by Crippen LogP contribution is 2.47. The molecule has 1 heterocycles. The molecular formula is C21H21NO4S. The standard InChI is InChI=1S/C21H21NO4S/c23-20(24)12-9-13(10-12)22-17(21(25)26)11-16-14-5-1-3-7-18(14)27-19-8-4-2-6-15(16)19/h1-8,12-13,16-17,22H,9-11H2,(H,23,24)(H,25,26). The maximum absolute atomic E-state index is 11.9. The molecule has 1 fully saturated rings. The second-order valence-electron chi connectivity index (χ2n) is 7.23. The first kappa shape index (κ1) is 18.1. The molecule has 0 radical (unpaired) electrons. The van der Waals surface area contributed by atoms with Crippen LogP contribution >= 0.6 is 11.8 Å². The number of nitrogens with one attached hydrogen (secondary N) is 1. The van der Waals surface area contributed by atoms with E-state index < -0.39 is 18.0 Å². The Morgan fingerprint density at radius 3 is 2.07 bits per heavy atom. The Balaban J connectivity index is 1.57. The van der Waals surface area contributed by atoms with Gasteiger partial charge in [0.25, 0.3) is 0 Å². The van der Waals surface area contributed by atoms with Gasteiger partial charge in [-0.1, -0.05) is 48.2 Å². The first-order valence-corrected chi connectivity index (χ1v) is 9.92. The number of hydrogen-bond acceptors (Lipinski definition) is 4. The van der Waals surface area contributed by atoms with Gasteiger partial charge in [-0.2, -0.15) is 0 Å². The molecule has 1 unspecified atom stereocenters. The predicted molar refractivity (Wildman–Crippen MR) is 102 cm³/mol. The molecule has 4 rings (SSSR count). The van der Waals surface area contributed by atoms with Crippen LogP contribution in [-0.4, -0.2) is 34.2 Å². The fourth-order valence-electron chi connectivity index (χ4n) is 3.98. The molecule has 0 aromatic heterocycles. The fourth-order valence-corrected chi connectivity index (χ4v) is 5.17. The van der Waals surface area contributed by atoms with E-state index in [4.69, 9.17) is 5.11 Å². The minimum absolute atomic E-state index is 0.00240. The number of carbonyl (C=O) groups is 2. The van der Waals surface area contributed by atoms with Gasteiger partial charge in [-0.3, -0.25) is 9.59 Å². The molecule has 1 atom stereocenters. The number of rotatable bonds is 6. The molecule has 1 aliphatic carbocycles. The van der Waals surface area contributed by atoms with Gasteiger partial charge in [0.2, 0.25) is 0 Å². The first-order valence-electron chi connectivity index (χ1n) is 9.10. The van der Waals surface area contributed by atoms with Crippen LogP contribution in [0, 0.1) is 5.92 Å². The van der Waals surface area contributed by atoms with Crippen LogP contribution in [0.2, 0.25) is 0 Å². The highest BCUT2D eigenvalue weighted by atomic mass is 32.2. The number of fused-ring (bicyclic) bond motifs is 2. The minimum Gasteiger partial charge on any atom is -0.481 e. The van der Waals surface area contributed by atoms with Gasteiger partial charge < -0.3 is 15.5 Å². The lowest BCUT2D eigenvalue weighted by atomic mass is 9.79. The van der Waals surface area contributed by atoms with Gasteiger partial charge in [-0.05, 0) is 42.5 Å². The lowest BCUT2D eigenvalue weighted by molar-refractivity contribution is -0.145. The van der Waals surface area contributed by atoms with Crippen molar-refractivity contribution in [3.8, 4) is 0 Å². The van der Waals surface area contributed by atoms with Crippen LogP contribution in [0.1, 0.15) is 36.3 Å². The van der Waals surface area contributed by atoms with E-state index in [2.05, 4.69) is 29.6 Å². The van der Waals surface area contributed by atoms with Crippen LogP contribution < -0.4 is 5.32 Å². The van der Waals surface area contributed by atoms with E-state index in [0.29, 0.717) is 19.3 Å². The van der Waals surface area contributed by atoms with Crippen molar-refractivity contribution in [3.63, 3.8) is 0 Å². The summed E-state index contributed by atoms with van der Waals surface area (Å²) in [6.07, 6.45) is 1.43. The van der Waals surface area contributed by atoms with Crippen molar-refractivity contribution in [2.24, 2.45) is 5.92 Å². The third-order valence-electron chi connectivity index (χ3n) is 5.50. The van der Waals surface area contributed by atoms with E-state index in [9.17, 15) is 14.7 Å². The van der Waals surface area contributed by atoms with Gasteiger partial charge in [0.15, 0.2) is 0 Å². The van der Waals surface area contributed by atoms with Gasteiger partial charge >= 0.3 is 11.9 Å². The van der Waals surface area contributed by atoms with Crippen LogP contribution in [-0.2, 0) is 9.59 Å². The molecule has 2 aliphatic rings. The summed E-state index contributed by atoms with van der Waals surface area (Å²) in [5.74, 6) is -2.04. The summed E-state index contributed by atoms with van der Waals surface area (Å²) in [6, 6.07) is 15.5. The average molecular weight is 383 g/mol. The summed E-state index contributed by atoms with van der Waals surface area (Å²) in [5, 5.41) is 22.0. The largest absolute Gasteiger partial charge is 0.481 e. The minimum atomic E-state index is -0.887. The van der Waals surface area contributed by atoms with Crippen molar-refractivity contribution in [2.75, 3.05) is 0 Å². The Morgan fingerprint density at radius 2 is 1.56 bits per heavy atom. The van der Waals surface area contributed by atoms with Gasteiger partial charge in [-0.15, -0.1) is 0 Å². The van der Waals surface area contributed by atoms with Crippen molar-refractivity contribution < 1.29 is 19.8 Å². The first-order chi connectivity index (χ1) is 13.0. The molecule has 1 saturated carbocycles. The number of aliphatic carboxylic acids is 2. The molecule has 140 valence electrons. The van der Waals surface area contributed by atoms with Gasteiger partial charge in [0, 0.05) is 21.8 Å². The second kappa shape index (κ2) is 7.37. The van der Waals surface area contributed by atoms with E-state index in [1.54, 1.807) is 11.8 Å². The van der Waals surface area contributed by atoms with E-state index in [1.165, 1.54) is 9.79 Å². The van der Waals surface area contributed by atoms with Gasteiger partial charge in [-0.25, -0.2) is 0 Å². The molecule has 0 bridgehead atoms. The molecular weight excluding hydrogens is 362 g/mol. The van der Waals surface area contributed by atoms with Gasteiger partial charge in [0.05, 0.1) is 5.92 Å². The Kier molecular flexibility index (Phi) is 4.93. The zero-order valence-corrected chi connectivity index (χ0v) is 15.5. The summed E-state index contributed by atoms with van der Waals surface area (Å²) in [6.45, 7) is 0. The monoisotopic (exact) mass is 383 g/mol. The topological polar surface area (TPSA) is 86.6 Å². The predicted octanol–water partition coefficient (Wildman–Crippen LogP) is 3.58. The fraction of sp³-hybridized carbons (Fsp3) is 0.333. The number of carboxylic acid groups (broad SMARTS) is 2. The molecule has 6 heteroatoms. The SMILES string of the molecule is O=C(O)C1CC(NC(CC2c3ccccc3Sc3ccccc32)C(=O)O)C1. The summed E-state index contributed by atoms with van der Waals surface area (Å²) in [5.41, 5.74) is 2.32. The van der Waals surface area contributed by atoms with Crippen molar-refractivity contribution in [1.29, 1.82) is 0 Å². The zero-order valence-electron chi connectivity index (χ0n) is 14.7. The Hall–Kier alpha value is -2.31. The summed E-state index contributed by atoms with van der Waals surface area (Å²) in [4.78, 5) is 25.2. The molecule has 1 aliphatic heterocycles. The van der Waals surface area contributed by atoms with Crippen LogP contribution in [0.3, 0.4) is 0 Å². The van der Waals surface area contributed by atoms with E-state index >= 15 is 0 Å². The number of carboxylic acids is 2. The van der Waals surface area contributed by atoms with E-state index in [1.807, 2.05) is 24.3 Å². The van der Waals surface area contributed by atoms with Crippen molar-refractivity contribution in [2.45, 2.75) is 47.1 Å². The number of hydrogen-bond donors (Lipinski definition) is 3. The molecule has 0 spiro atoms. The second-order valence-corrected chi connectivity index (χ2v) is 8.31. The summed E-state index contributed by atoms with van der Waals surface area (Å²) in [7, 11) is 0. The number of benzene rings is 2. The van der Waals surface area contributed by atoms with E-state index in [0.717, 1.165) is 11.1 Å². The van der Waals surface area contributed by atoms with E-state index in [-0.39, 0.29) is 17.9 Å². The molecule has 2 aromatic rings. The van der Waals surface area contributed by atoms with Crippen LogP contribution in [0.25, 0.3) is 0 Å². The maximum Gasteiger partial charge on any atom is 0.320 e. The lowest BCUT2D eigenvalue weighted by Crippen LogP contribution is -2.51. The molecule has 3 N–H and O–H groups in total. The smallest absolute Gasteiger partial charge is 0.320 e. The Morgan fingerprint density at radius 1 is 1.00 bits per heavy atom. The maximum atomic E-state index is 11.9. The quantitative estimate of drug-likeness (QED) is 0.707. The van der Waals surface area contributed by atoms with Crippen molar-refractivity contribution in [1.82, 2.24) is 5.32 Å². The third kappa shape index (κ3) is 3.59. The molecule has 2 aromatic carbocycles. The van der Waals surface area contributed by atoms with Crippen molar-refractivity contribution in [3.05, 3.63) is 59.7 Å². The third-order valence-corrected chi connectivity index (χ3v) is 6.69. The highest BCUT2D eigenvalue weighted by Gasteiger charge is 2.38. The summed E-state index contributed by atoms with van der Waals surface area (Å²) < 4.78 is 0. The van der Waals surface area contributed by atoms with Crippen LogP contribution in [0.15, 0.2) is 58.3 Å². The normalized spacial score (nSPS) is 22.2. The van der Waals surface area contributed by atoms with Gasteiger partial charge in [0.1, 0.15) is 6.04 Å². The van der Waals surface area contributed by atoms with Crippen molar-refractivity contribution >= 4 is 23.7 Å². The highest BCUT2D eigenvalue weighted by molar-refractivity contribution is 7.99. The molecule has 5 nitrogen and oxygen atoms in total. The average Bonchev–Trinajstić information content (AvgIpc) is 2.61. The molecule has 27 heavy (non-hydrogen) atoms. The summed E-state index contributed by atoms with van der Waals surface area (Å²) >= 11 is 1.72. The Labute approximate surface area is 161 Å².